The Bertz CT molecular complexity index is 1290. The van der Waals surface area contributed by atoms with E-state index in [0.29, 0.717) is 11.1 Å². The predicted molar refractivity (Wildman–Crippen MR) is 143 cm³/mol. The molecule has 0 aliphatic rings. The number of rotatable bonds is 13. The Morgan fingerprint density at radius 1 is 0.868 bits per heavy atom. The van der Waals surface area contributed by atoms with Crippen molar-refractivity contribution in [2.75, 3.05) is 26.0 Å². The van der Waals surface area contributed by atoms with Crippen LogP contribution in [0.15, 0.2) is 84.9 Å². The molecular weight excluding hydrogens is 509 g/mol. The second-order valence-corrected chi connectivity index (χ2v) is 10.9. The minimum atomic E-state index is -3.79. The van der Waals surface area contributed by atoms with Crippen molar-refractivity contribution in [1.82, 2.24) is 14.5 Å². The quantitative estimate of drug-likeness (QED) is 0.346. The smallest absolute Gasteiger partial charge is 0.243 e. The Morgan fingerprint density at radius 2 is 1.42 bits per heavy atom. The molecule has 0 aliphatic carbocycles. The van der Waals surface area contributed by atoms with E-state index in [4.69, 9.17) is 0 Å². The molecule has 3 aromatic carbocycles. The molecule has 2 N–H and O–H groups in total. The number of carbonyl (C=O) groups is 2. The lowest BCUT2D eigenvalue weighted by molar-refractivity contribution is -0.141. The van der Waals surface area contributed by atoms with Crippen LogP contribution >= 0.6 is 0 Å². The zero-order valence-corrected chi connectivity index (χ0v) is 22.0. The number of benzene rings is 3. The standard InChI is InChI=1S/C28H32FN3O5S/c1-38(36,37)31(19-23-10-6-3-7-11-23)21-27(34)32(20-24-12-14-25(29)15-13-24)26(28(35)30-16-17-33)18-22-8-4-2-5-9-22/h2-15,26,33H,16-21H2,1H3,(H,30,35). The Hall–Kier alpha value is -3.60. The number of sulfonamides is 1. The summed E-state index contributed by atoms with van der Waals surface area (Å²) >= 11 is 0. The van der Waals surface area contributed by atoms with Crippen LogP contribution < -0.4 is 5.32 Å². The molecule has 8 nitrogen and oxygen atoms in total. The van der Waals surface area contributed by atoms with Crippen molar-refractivity contribution < 1.29 is 27.5 Å². The van der Waals surface area contributed by atoms with Crippen molar-refractivity contribution in [3.8, 4) is 0 Å². The van der Waals surface area contributed by atoms with Gasteiger partial charge in [0.05, 0.1) is 19.4 Å². The van der Waals surface area contributed by atoms with Crippen molar-refractivity contribution in [3.05, 3.63) is 107 Å². The second kappa shape index (κ2) is 13.8. The molecule has 0 aromatic heterocycles. The van der Waals surface area contributed by atoms with Gasteiger partial charge in [-0.15, -0.1) is 0 Å². The predicted octanol–water partition coefficient (Wildman–Crippen LogP) is 2.34. The zero-order chi connectivity index (χ0) is 27.5. The molecule has 0 saturated heterocycles. The van der Waals surface area contributed by atoms with Crippen molar-refractivity contribution >= 4 is 21.8 Å². The van der Waals surface area contributed by atoms with E-state index in [-0.39, 0.29) is 32.7 Å². The van der Waals surface area contributed by atoms with Crippen molar-refractivity contribution in [3.63, 3.8) is 0 Å². The molecule has 3 aromatic rings. The molecule has 0 heterocycles. The van der Waals surface area contributed by atoms with E-state index in [1.54, 1.807) is 24.3 Å². The van der Waals surface area contributed by atoms with Crippen LogP contribution in [0.2, 0.25) is 0 Å². The number of hydrogen-bond acceptors (Lipinski definition) is 5. The van der Waals surface area contributed by atoms with Gasteiger partial charge in [-0.25, -0.2) is 12.8 Å². The maximum absolute atomic E-state index is 13.8. The molecule has 0 saturated carbocycles. The molecule has 202 valence electrons. The summed E-state index contributed by atoms with van der Waals surface area (Å²) in [6.45, 7) is -0.851. The molecule has 0 radical (unpaired) electrons. The fraction of sp³-hybridized carbons (Fsp3) is 0.286. The number of aliphatic hydroxyl groups is 1. The summed E-state index contributed by atoms with van der Waals surface area (Å²) in [5.41, 5.74) is 2.07. The summed E-state index contributed by atoms with van der Waals surface area (Å²) < 4.78 is 39.9. The molecule has 0 fully saturated rings. The van der Waals surface area contributed by atoms with Gasteiger partial charge in [-0.05, 0) is 28.8 Å². The van der Waals surface area contributed by atoms with E-state index in [0.717, 1.165) is 16.1 Å². The SMILES string of the molecule is CS(=O)(=O)N(CC(=O)N(Cc1ccc(F)cc1)C(Cc1ccccc1)C(=O)NCCO)Cc1ccccc1. The minimum Gasteiger partial charge on any atom is -0.395 e. The molecule has 1 atom stereocenters. The number of nitrogens with zero attached hydrogens (tertiary/aromatic N) is 2. The van der Waals surface area contributed by atoms with E-state index >= 15 is 0 Å². The summed E-state index contributed by atoms with van der Waals surface area (Å²) in [5.74, 6) is -1.53. The van der Waals surface area contributed by atoms with Crippen molar-refractivity contribution in [2.24, 2.45) is 0 Å². The molecule has 10 heteroatoms. The van der Waals surface area contributed by atoms with Gasteiger partial charge >= 0.3 is 0 Å². The molecule has 1 unspecified atom stereocenters. The van der Waals surface area contributed by atoms with Gasteiger partial charge in [0.15, 0.2) is 0 Å². The minimum absolute atomic E-state index is 0.00776. The average molecular weight is 542 g/mol. The van der Waals surface area contributed by atoms with E-state index in [9.17, 15) is 27.5 Å². The van der Waals surface area contributed by atoms with Crippen LogP contribution in [0.4, 0.5) is 4.39 Å². The number of halogens is 1. The van der Waals surface area contributed by atoms with Gasteiger partial charge < -0.3 is 15.3 Å². The highest BCUT2D eigenvalue weighted by Crippen LogP contribution is 2.17. The molecule has 0 aliphatic heterocycles. The van der Waals surface area contributed by atoms with Gasteiger partial charge in [-0.1, -0.05) is 72.8 Å². The highest BCUT2D eigenvalue weighted by Gasteiger charge is 2.32. The molecule has 0 bridgehead atoms. The van der Waals surface area contributed by atoms with Gasteiger partial charge in [0.2, 0.25) is 21.8 Å². The second-order valence-electron chi connectivity index (χ2n) is 8.88. The van der Waals surface area contributed by atoms with Gasteiger partial charge in [0.1, 0.15) is 11.9 Å². The van der Waals surface area contributed by atoms with Gasteiger partial charge in [0, 0.05) is 26.1 Å². The highest BCUT2D eigenvalue weighted by molar-refractivity contribution is 7.88. The van der Waals surface area contributed by atoms with Crippen LogP contribution in [0, 0.1) is 5.82 Å². The maximum atomic E-state index is 13.8. The van der Waals surface area contributed by atoms with Crippen LogP contribution in [0.1, 0.15) is 16.7 Å². The summed E-state index contributed by atoms with van der Waals surface area (Å²) in [6.07, 6.45) is 1.19. The maximum Gasteiger partial charge on any atom is 0.243 e. The van der Waals surface area contributed by atoms with Gasteiger partial charge in [-0.2, -0.15) is 4.31 Å². The normalized spacial score (nSPS) is 12.2. The van der Waals surface area contributed by atoms with E-state index in [2.05, 4.69) is 5.32 Å². The fourth-order valence-electron chi connectivity index (χ4n) is 3.96. The largest absolute Gasteiger partial charge is 0.395 e. The lowest BCUT2D eigenvalue weighted by Crippen LogP contribution is -2.53. The summed E-state index contributed by atoms with van der Waals surface area (Å²) in [6, 6.07) is 22.5. The number of hydrogen-bond donors (Lipinski definition) is 2. The highest BCUT2D eigenvalue weighted by atomic mass is 32.2. The van der Waals surface area contributed by atoms with Crippen LogP contribution in [0.25, 0.3) is 0 Å². The van der Waals surface area contributed by atoms with Crippen LogP contribution in [-0.2, 0) is 39.1 Å². The van der Waals surface area contributed by atoms with E-state index < -0.39 is 40.2 Å². The Morgan fingerprint density at radius 3 is 1.97 bits per heavy atom. The third-order valence-corrected chi connectivity index (χ3v) is 7.13. The van der Waals surface area contributed by atoms with Crippen LogP contribution in [0.5, 0.6) is 0 Å². The average Bonchev–Trinajstić information content (AvgIpc) is 2.90. The van der Waals surface area contributed by atoms with E-state index in [1.165, 1.54) is 29.2 Å². The Kier molecular flexibility index (Phi) is 10.5. The van der Waals surface area contributed by atoms with Gasteiger partial charge in [0.25, 0.3) is 0 Å². The summed E-state index contributed by atoms with van der Waals surface area (Å²) in [7, 11) is -3.79. The first kappa shape index (κ1) is 29.0. The monoisotopic (exact) mass is 541 g/mol. The molecular formula is C28H32FN3O5S. The summed E-state index contributed by atoms with van der Waals surface area (Å²) in [4.78, 5) is 28.4. The van der Waals surface area contributed by atoms with E-state index in [1.807, 2.05) is 36.4 Å². The zero-order valence-electron chi connectivity index (χ0n) is 21.2. The lowest BCUT2D eigenvalue weighted by atomic mass is 10.0. The van der Waals surface area contributed by atoms with Gasteiger partial charge in [-0.3, -0.25) is 9.59 Å². The molecule has 38 heavy (non-hydrogen) atoms. The number of carbonyl (C=O) groups excluding carboxylic acids is 2. The first-order valence-electron chi connectivity index (χ1n) is 12.1. The first-order valence-corrected chi connectivity index (χ1v) is 14.0. The van der Waals surface area contributed by atoms with Crippen LogP contribution in [0.3, 0.4) is 0 Å². The Balaban J connectivity index is 1.97. The molecule has 0 spiro atoms. The summed E-state index contributed by atoms with van der Waals surface area (Å²) in [5, 5.41) is 11.9. The number of aliphatic hydroxyl groups excluding tert-OH is 1. The lowest BCUT2D eigenvalue weighted by Gasteiger charge is -2.33. The van der Waals surface area contributed by atoms with Crippen molar-refractivity contribution in [1.29, 1.82) is 0 Å². The number of nitrogens with one attached hydrogen (secondary N) is 1. The Labute approximate surface area is 222 Å². The van der Waals surface area contributed by atoms with Crippen molar-refractivity contribution in [2.45, 2.75) is 25.6 Å². The topological polar surface area (TPSA) is 107 Å². The molecule has 2 amide bonds. The van der Waals surface area contributed by atoms with Crippen LogP contribution in [-0.4, -0.2) is 66.5 Å². The number of amides is 2. The molecule has 3 rings (SSSR count). The third kappa shape index (κ3) is 8.76. The first-order chi connectivity index (χ1) is 18.2. The third-order valence-electron chi connectivity index (χ3n) is 5.93. The fourth-order valence-corrected chi connectivity index (χ4v) is 4.69.